The fourth-order valence-corrected chi connectivity index (χ4v) is 4.46. The van der Waals surface area contributed by atoms with E-state index in [0.29, 0.717) is 12.3 Å². The fourth-order valence-electron chi connectivity index (χ4n) is 2.76. The topological polar surface area (TPSA) is 42.4 Å². The highest BCUT2D eigenvalue weighted by Gasteiger charge is 2.37. The van der Waals surface area contributed by atoms with Gasteiger partial charge in [0.05, 0.1) is 16.8 Å². The van der Waals surface area contributed by atoms with Crippen LogP contribution in [-0.4, -0.2) is 31.1 Å². The van der Waals surface area contributed by atoms with E-state index in [1.807, 2.05) is 25.3 Å². The van der Waals surface area contributed by atoms with Crippen molar-refractivity contribution in [2.75, 3.05) is 6.61 Å². The number of aliphatic hydroxyl groups is 1. The minimum atomic E-state index is -1.64. The molecule has 0 fully saturated rings. The zero-order valence-corrected chi connectivity index (χ0v) is 21.9. The van der Waals surface area contributed by atoms with Crippen molar-refractivity contribution in [2.45, 2.75) is 98.4 Å². The molecule has 1 unspecified atom stereocenters. The van der Waals surface area contributed by atoms with Gasteiger partial charge in [-0.3, -0.25) is 0 Å². The Morgan fingerprint density at radius 2 is 1.97 bits per heavy atom. The van der Waals surface area contributed by atoms with Gasteiger partial charge in [-0.2, -0.15) is 0 Å². The lowest BCUT2D eigenvalue weighted by molar-refractivity contribution is 0.215. The SMILES string of the molecule is CC(=CCC(O)C(C)=Cc1csc(C)n1)CCC[C@H](C)CO[Si](C)(C)C(C)(C)C. The highest BCUT2D eigenvalue weighted by atomic mass is 32.1. The van der Waals surface area contributed by atoms with Crippen molar-refractivity contribution in [3.05, 3.63) is 33.3 Å². The molecule has 0 radical (unpaired) electrons. The number of aryl methyl sites for hydroxylation is 1. The second-order valence-electron chi connectivity index (χ2n) is 10.1. The van der Waals surface area contributed by atoms with Gasteiger partial charge < -0.3 is 9.53 Å². The Hall–Kier alpha value is -0.753. The van der Waals surface area contributed by atoms with Crippen LogP contribution < -0.4 is 0 Å². The van der Waals surface area contributed by atoms with Gasteiger partial charge in [-0.05, 0) is 82.2 Å². The molecule has 1 aromatic rings. The molecule has 0 aromatic carbocycles. The molecule has 0 amide bonds. The number of aromatic nitrogens is 1. The second-order valence-corrected chi connectivity index (χ2v) is 15.9. The van der Waals surface area contributed by atoms with E-state index in [-0.39, 0.29) is 5.04 Å². The zero-order valence-electron chi connectivity index (χ0n) is 20.1. The predicted molar refractivity (Wildman–Crippen MR) is 131 cm³/mol. The minimum Gasteiger partial charge on any atom is -0.417 e. The van der Waals surface area contributed by atoms with Crippen LogP contribution in [0.15, 0.2) is 22.6 Å². The van der Waals surface area contributed by atoms with E-state index in [9.17, 15) is 5.11 Å². The van der Waals surface area contributed by atoms with Gasteiger partial charge in [0.2, 0.25) is 0 Å². The molecule has 2 atom stereocenters. The summed E-state index contributed by atoms with van der Waals surface area (Å²) in [6.45, 7) is 20.8. The Kier molecular flexibility index (Phi) is 10.5. The first-order valence-electron chi connectivity index (χ1n) is 10.9. The summed E-state index contributed by atoms with van der Waals surface area (Å²) in [6.07, 6.45) is 7.85. The van der Waals surface area contributed by atoms with Crippen LogP contribution in [0.3, 0.4) is 0 Å². The van der Waals surface area contributed by atoms with E-state index < -0.39 is 14.4 Å². The van der Waals surface area contributed by atoms with Crippen LogP contribution in [0, 0.1) is 12.8 Å². The number of hydrogen-bond acceptors (Lipinski definition) is 4. The zero-order chi connectivity index (χ0) is 22.2. The molecular formula is C24H43NO2SSi. The first kappa shape index (κ1) is 26.3. The predicted octanol–water partition coefficient (Wildman–Crippen LogP) is 7.38. The summed E-state index contributed by atoms with van der Waals surface area (Å²) in [7, 11) is -1.64. The van der Waals surface area contributed by atoms with Crippen molar-refractivity contribution in [3.8, 4) is 0 Å². The lowest BCUT2D eigenvalue weighted by Gasteiger charge is -2.37. The van der Waals surface area contributed by atoms with E-state index in [2.05, 4.69) is 58.8 Å². The molecule has 5 heteroatoms. The third-order valence-electron chi connectivity index (χ3n) is 6.03. The van der Waals surface area contributed by atoms with Crippen molar-refractivity contribution in [3.63, 3.8) is 0 Å². The standard InChI is InChI=1S/C24H43NO2SSi/c1-18(11-10-12-19(2)16-27-29(8,9)24(5,6)7)13-14-23(26)20(3)15-22-17-28-21(4)25-22/h13,15,17,19,23,26H,10-12,14,16H2,1-9H3/t19-,23?/m0/s1. The molecule has 3 nitrogen and oxygen atoms in total. The van der Waals surface area contributed by atoms with Gasteiger partial charge in [0, 0.05) is 12.0 Å². The maximum atomic E-state index is 10.4. The van der Waals surface area contributed by atoms with Crippen molar-refractivity contribution < 1.29 is 9.53 Å². The van der Waals surface area contributed by atoms with Crippen molar-refractivity contribution in [2.24, 2.45) is 5.92 Å². The van der Waals surface area contributed by atoms with Crippen LogP contribution in [0.25, 0.3) is 6.08 Å². The molecule has 0 saturated heterocycles. The monoisotopic (exact) mass is 437 g/mol. The maximum absolute atomic E-state index is 10.4. The quantitative estimate of drug-likeness (QED) is 0.290. The highest BCUT2D eigenvalue weighted by Crippen LogP contribution is 2.37. The Labute approximate surface area is 184 Å². The number of hydrogen-bond donors (Lipinski definition) is 1. The van der Waals surface area contributed by atoms with E-state index in [0.717, 1.165) is 29.3 Å². The summed E-state index contributed by atoms with van der Waals surface area (Å²) in [5, 5.41) is 13.8. The van der Waals surface area contributed by atoms with Crippen LogP contribution in [0.1, 0.15) is 77.9 Å². The van der Waals surface area contributed by atoms with Gasteiger partial charge in [-0.25, -0.2) is 4.98 Å². The smallest absolute Gasteiger partial charge is 0.191 e. The van der Waals surface area contributed by atoms with Crippen molar-refractivity contribution in [1.82, 2.24) is 4.98 Å². The molecule has 1 N–H and O–H groups in total. The van der Waals surface area contributed by atoms with Crippen LogP contribution >= 0.6 is 11.3 Å². The molecule has 0 spiro atoms. The van der Waals surface area contributed by atoms with E-state index in [1.165, 1.54) is 18.4 Å². The summed E-state index contributed by atoms with van der Waals surface area (Å²) in [6, 6.07) is 0. The summed E-state index contributed by atoms with van der Waals surface area (Å²) >= 11 is 1.64. The summed E-state index contributed by atoms with van der Waals surface area (Å²) in [4.78, 5) is 4.44. The lowest BCUT2D eigenvalue weighted by Crippen LogP contribution is -2.41. The summed E-state index contributed by atoms with van der Waals surface area (Å²) in [5.74, 6) is 0.592. The number of nitrogens with zero attached hydrogens (tertiary/aromatic N) is 1. The molecule has 0 aliphatic heterocycles. The van der Waals surface area contributed by atoms with E-state index in [4.69, 9.17) is 4.43 Å². The molecule has 0 bridgehead atoms. The molecule has 29 heavy (non-hydrogen) atoms. The average Bonchev–Trinajstić information content (AvgIpc) is 3.01. The Bertz CT molecular complexity index is 685. The summed E-state index contributed by atoms with van der Waals surface area (Å²) < 4.78 is 6.35. The van der Waals surface area contributed by atoms with Gasteiger partial charge in [0.1, 0.15) is 0 Å². The first-order valence-corrected chi connectivity index (χ1v) is 14.7. The minimum absolute atomic E-state index is 0.276. The molecule has 1 aromatic heterocycles. The van der Waals surface area contributed by atoms with Gasteiger partial charge >= 0.3 is 0 Å². The number of allylic oxidation sites excluding steroid dienone is 1. The van der Waals surface area contributed by atoms with Gasteiger partial charge in [-0.15, -0.1) is 11.3 Å². The summed E-state index contributed by atoms with van der Waals surface area (Å²) in [5.41, 5.74) is 3.27. The average molecular weight is 438 g/mol. The van der Waals surface area contributed by atoms with Crippen molar-refractivity contribution in [1.29, 1.82) is 0 Å². The molecule has 1 rings (SSSR count). The molecule has 0 aliphatic carbocycles. The van der Waals surface area contributed by atoms with Crippen LogP contribution in [0.5, 0.6) is 0 Å². The molecule has 0 aliphatic rings. The van der Waals surface area contributed by atoms with Crippen LogP contribution in [-0.2, 0) is 4.43 Å². The van der Waals surface area contributed by atoms with Crippen LogP contribution in [0.4, 0.5) is 0 Å². The largest absolute Gasteiger partial charge is 0.417 e. The normalized spacial score (nSPS) is 16.2. The molecular weight excluding hydrogens is 394 g/mol. The Morgan fingerprint density at radius 1 is 1.31 bits per heavy atom. The number of rotatable bonds is 11. The van der Waals surface area contributed by atoms with E-state index in [1.54, 1.807) is 11.3 Å². The third kappa shape index (κ3) is 9.73. The Morgan fingerprint density at radius 3 is 2.52 bits per heavy atom. The first-order chi connectivity index (χ1) is 13.3. The maximum Gasteiger partial charge on any atom is 0.191 e. The lowest BCUT2D eigenvalue weighted by atomic mass is 10.0. The van der Waals surface area contributed by atoms with Gasteiger partial charge in [0.15, 0.2) is 8.32 Å². The van der Waals surface area contributed by atoms with Gasteiger partial charge in [-0.1, -0.05) is 39.3 Å². The molecule has 1 heterocycles. The third-order valence-corrected chi connectivity index (χ3v) is 11.3. The van der Waals surface area contributed by atoms with E-state index >= 15 is 0 Å². The van der Waals surface area contributed by atoms with Crippen molar-refractivity contribution >= 4 is 25.7 Å². The van der Waals surface area contributed by atoms with Crippen LogP contribution in [0.2, 0.25) is 18.1 Å². The van der Waals surface area contributed by atoms with Gasteiger partial charge in [0.25, 0.3) is 0 Å². The second kappa shape index (κ2) is 11.6. The number of thiazole rings is 1. The number of aliphatic hydroxyl groups excluding tert-OH is 1. The molecule has 0 saturated carbocycles. The highest BCUT2D eigenvalue weighted by molar-refractivity contribution is 7.09. The molecule has 166 valence electrons. The fraction of sp³-hybridized carbons (Fsp3) is 0.708. The Balaban J connectivity index is 2.35.